The molecule has 0 bridgehead atoms. The predicted octanol–water partition coefficient (Wildman–Crippen LogP) is 3.47. The molecule has 6 heteroatoms. The molecule has 1 aliphatic rings. The van der Waals surface area contributed by atoms with Crippen LogP contribution in [-0.2, 0) is 9.53 Å². The Morgan fingerprint density at radius 3 is 2.48 bits per heavy atom. The van der Waals surface area contributed by atoms with Crippen molar-refractivity contribution in [1.82, 2.24) is 10.6 Å². The molecule has 136 valence electrons. The van der Waals surface area contributed by atoms with Gasteiger partial charge in [-0.25, -0.2) is 4.79 Å². The second-order valence-electron chi connectivity index (χ2n) is 6.76. The van der Waals surface area contributed by atoms with E-state index in [2.05, 4.69) is 10.6 Å². The number of esters is 1. The third-order valence-corrected chi connectivity index (χ3v) is 4.07. The highest BCUT2D eigenvalue weighted by Gasteiger charge is 2.37. The molecular formula is C19H26N2O3S. The Bertz CT molecular complexity index is 692. The van der Waals surface area contributed by atoms with Gasteiger partial charge in [-0.2, -0.15) is 0 Å². The normalized spacial score (nSPS) is 17.6. The molecule has 1 aliphatic heterocycles. The fourth-order valence-electron chi connectivity index (χ4n) is 2.82. The van der Waals surface area contributed by atoms with Gasteiger partial charge in [-0.05, 0) is 32.1 Å². The van der Waals surface area contributed by atoms with Crippen LogP contribution in [0.15, 0.2) is 35.5 Å². The van der Waals surface area contributed by atoms with Crippen LogP contribution in [0.1, 0.15) is 46.2 Å². The number of thiocarbonyl (C=S) groups is 1. The van der Waals surface area contributed by atoms with Crippen molar-refractivity contribution < 1.29 is 14.3 Å². The number of ether oxygens (including phenoxy) is 2. The van der Waals surface area contributed by atoms with Crippen LogP contribution >= 0.6 is 12.2 Å². The molecule has 2 N–H and O–H groups in total. The van der Waals surface area contributed by atoms with Crippen molar-refractivity contribution in [2.45, 2.75) is 40.7 Å². The average Bonchev–Trinajstić information content (AvgIpc) is 2.54. The van der Waals surface area contributed by atoms with E-state index in [0.717, 1.165) is 17.0 Å². The number of rotatable bonds is 5. The lowest BCUT2D eigenvalue weighted by molar-refractivity contribution is -0.139. The lowest BCUT2D eigenvalue weighted by Crippen LogP contribution is -2.48. The number of benzene rings is 1. The lowest BCUT2D eigenvalue weighted by Gasteiger charge is -2.36. The van der Waals surface area contributed by atoms with Crippen molar-refractivity contribution >= 4 is 23.3 Å². The van der Waals surface area contributed by atoms with Crippen molar-refractivity contribution in [3.63, 3.8) is 0 Å². The van der Waals surface area contributed by atoms with Crippen LogP contribution < -0.4 is 15.4 Å². The van der Waals surface area contributed by atoms with E-state index in [1.807, 2.05) is 52.0 Å². The van der Waals surface area contributed by atoms with E-state index in [-0.39, 0.29) is 11.4 Å². The molecule has 5 nitrogen and oxygen atoms in total. The summed E-state index contributed by atoms with van der Waals surface area (Å²) in [5.74, 6) is 0.369. The first-order chi connectivity index (χ1) is 11.8. The Hall–Kier alpha value is -2.08. The molecule has 0 aromatic heterocycles. The third kappa shape index (κ3) is 4.31. The molecule has 1 heterocycles. The van der Waals surface area contributed by atoms with Gasteiger partial charge in [-0.1, -0.05) is 39.0 Å². The highest BCUT2D eigenvalue weighted by Crippen LogP contribution is 2.38. The molecule has 25 heavy (non-hydrogen) atoms. The number of allylic oxidation sites excluding steroid dienone is 1. The van der Waals surface area contributed by atoms with Gasteiger partial charge in [-0.15, -0.1) is 0 Å². The summed E-state index contributed by atoms with van der Waals surface area (Å²) in [6.07, 6.45) is 0. The van der Waals surface area contributed by atoms with Gasteiger partial charge in [0, 0.05) is 16.7 Å². The maximum atomic E-state index is 12.8. The number of hydrogen-bond donors (Lipinski definition) is 2. The first kappa shape index (κ1) is 19.2. The van der Waals surface area contributed by atoms with E-state index in [1.165, 1.54) is 0 Å². The summed E-state index contributed by atoms with van der Waals surface area (Å²) >= 11 is 5.39. The fraction of sp³-hybridized carbons (Fsp3) is 0.474. The first-order valence-corrected chi connectivity index (χ1v) is 8.91. The highest BCUT2D eigenvalue weighted by atomic mass is 32.1. The van der Waals surface area contributed by atoms with E-state index in [0.29, 0.717) is 23.9 Å². The van der Waals surface area contributed by atoms with E-state index in [9.17, 15) is 4.79 Å². The molecule has 0 fully saturated rings. The molecule has 0 saturated carbocycles. The van der Waals surface area contributed by atoms with Gasteiger partial charge in [0.15, 0.2) is 5.11 Å². The average molecular weight is 362 g/mol. The standard InChI is InChI=1S/C19H26N2O3S/c1-6-23-13-11-9-8-10-12(13)15-14(17(22)24-7-2)16(19(3,4)5)21-18(25)20-15/h8-11,15H,6-7H2,1-5H3,(H2,20,21,25). The summed E-state index contributed by atoms with van der Waals surface area (Å²) in [6, 6.07) is 7.24. The Balaban J connectivity index is 2.65. The van der Waals surface area contributed by atoms with Crippen LogP contribution in [0.25, 0.3) is 0 Å². The summed E-state index contributed by atoms with van der Waals surface area (Å²) in [5.41, 5.74) is 1.87. The number of carbonyl (C=O) groups excluding carboxylic acids is 1. The van der Waals surface area contributed by atoms with Gasteiger partial charge >= 0.3 is 5.97 Å². The number of nitrogens with one attached hydrogen (secondary N) is 2. The van der Waals surface area contributed by atoms with Gasteiger partial charge < -0.3 is 20.1 Å². The zero-order chi connectivity index (χ0) is 18.6. The third-order valence-electron chi connectivity index (χ3n) is 3.85. The van der Waals surface area contributed by atoms with Gasteiger partial charge in [0.05, 0.1) is 24.8 Å². The second-order valence-corrected chi connectivity index (χ2v) is 7.17. The minimum atomic E-state index is -0.426. The molecule has 0 saturated heterocycles. The van der Waals surface area contributed by atoms with Crippen molar-refractivity contribution in [2.24, 2.45) is 5.41 Å². The first-order valence-electron chi connectivity index (χ1n) is 8.50. The summed E-state index contributed by atoms with van der Waals surface area (Å²) in [4.78, 5) is 12.8. The highest BCUT2D eigenvalue weighted by molar-refractivity contribution is 7.80. The minimum absolute atomic E-state index is 0.299. The minimum Gasteiger partial charge on any atom is -0.494 e. The quantitative estimate of drug-likeness (QED) is 0.618. The molecule has 1 unspecified atom stereocenters. The van der Waals surface area contributed by atoms with E-state index < -0.39 is 6.04 Å². The lowest BCUT2D eigenvalue weighted by atomic mass is 9.83. The molecule has 1 aromatic rings. The summed E-state index contributed by atoms with van der Waals surface area (Å²) in [5, 5.41) is 6.84. The van der Waals surface area contributed by atoms with Gasteiger partial charge in [0.25, 0.3) is 0 Å². The Morgan fingerprint density at radius 2 is 1.88 bits per heavy atom. The largest absolute Gasteiger partial charge is 0.494 e. The molecule has 1 aromatic carbocycles. The van der Waals surface area contributed by atoms with Crippen LogP contribution in [0.2, 0.25) is 0 Å². The maximum absolute atomic E-state index is 12.8. The van der Waals surface area contributed by atoms with Crippen LogP contribution in [0.5, 0.6) is 5.75 Å². The Kier molecular flexibility index (Phi) is 6.06. The SMILES string of the molecule is CCOC(=O)C1=C(C(C)(C)C)NC(=S)NC1c1ccccc1OCC. The molecule has 0 aliphatic carbocycles. The van der Waals surface area contributed by atoms with Crippen LogP contribution in [0.3, 0.4) is 0 Å². The van der Waals surface area contributed by atoms with Crippen LogP contribution in [0.4, 0.5) is 0 Å². The molecule has 0 spiro atoms. The summed E-state index contributed by atoms with van der Waals surface area (Å²) < 4.78 is 11.1. The van der Waals surface area contributed by atoms with E-state index in [1.54, 1.807) is 6.92 Å². The Morgan fingerprint density at radius 1 is 1.20 bits per heavy atom. The van der Waals surface area contributed by atoms with Crippen molar-refractivity contribution in [2.75, 3.05) is 13.2 Å². The molecule has 2 rings (SSSR count). The van der Waals surface area contributed by atoms with Crippen molar-refractivity contribution in [1.29, 1.82) is 0 Å². The zero-order valence-corrected chi connectivity index (χ0v) is 16.3. The molecule has 0 amide bonds. The topological polar surface area (TPSA) is 59.6 Å². The Labute approximate surface area is 154 Å². The van der Waals surface area contributed by atoms with Crippen LogP contribution in [-0.4, -0.2) is 24.3 Å². The van der Waals surface area contributed by atoms with E-state index in [4.69, 9.17) is 21.7 Å². The van der Waals surface area contributed by atoms with E-state index >= 15 is 0 Å². The predicted molar refractivity (Wildman–Crippen MR) is 102 cm³/mol. The molecular weight excluding hydrogens is 336 g/mol. The van der Waals surface area contributed by atoms with Crippen LogP contribution in [0, 0.1) is 5.41 Å². The van der Waals surface area contributed by atoms with Gasteiger partial charge in [0.2, 0.25) is 0 Å². The summed E-state index contributed by atoms with van der Waals surface area (Å²) in [7, 11) is 0. The number of para-hydroxylation sites is 1. The fourth-order valence-corrected chi connectivity index (χ4v) is 3.04. The van der Waals surface area contributed by atoms with Gasteiger partial charge in [-0.3, -0.25) is 0 Å². The monoisotopic (exact) mass is 362 g/mol. The smallest absolute Gasteiger partial charge is 0.338 e. The molecule has 1 atom stereocenters. The number of hydrogen-bond acceptors (Lipinski definition) is 4. The number of carbonyl (C=O) groups is 1. The maximum Gasteiger partial charge on any atom is 0.338 e. The van der Waals surface area contributed by atoms with Gasteiger partial charge in [0.1, 0.15) is 5.75 Å². The molecule has 0 radical (unpaired) electrons. The zero-order valence-electron chi connectivity index (χ0n) is 15.4. The second kappa shape index (κ2) is 7.87. The van der Waals surface area contributed by atoms with Crippen molar-refractivity contribution in [3.8, 4) is 5.75 Å². The summed E-state index contributed by atoms with van der Waals surface area (Å²) in [6.45, 7) is 10.7. The van der Waals surface area contributed by atoms with Crippen molar-refractivity contribution in [3.05, 3.63) is 41.1 Å².